The van der Waals surface area contributed by atoms with E-state index >= 15 is 0 Å². The fourth-order valence-corrected chi connectivity index (χ4v) is 1.17. The minimum absolute atomic E-state index is 0.257. The van der Waals surface area contributed by atoms with Crippen molar-refractivity contribution < 1.29 is 0 Å². The van der Waals surface area contributed by atoms with Gasteiger partial charge in [0.2, 0.25) is 0 Å². The summed E-state index contributed by atoms with van der Waals surface area (Å²) in [7, 11) is 4.11. The Morgan fingerprint density at radius 3 is 2.23 bits per heavy atom. The fourth-order valence-electron chi connectivity index (χ4n) is 1.17. The molecule has 0 aromatic rings. The summed E-state index contributed by atoms with van der Waals surface area (Å²) in [5, 5.41) is 7.21. The molecule has 3 N–H and O–H groups in total. The second-order valence-corrected chi connectivity index (χ2v) is 3.60. The van der Waals surface area contributed by atoms with Crippen molar-refractivity contribution in [2.45, 2.75) is 13.3 Å². The van der Waals surface area contributed by atoms with Gasteiger partial charge in [-0.1, -0.05) is 6.92 Å². The average molecular weight is 186 g/mol. The van der Waals surface area contributed by atoms with Crippen molar-refractivity contribution >= 4 is 5.84 Å². The van der Waals surface area contributed by atoms with Crippen LogP contribution in [0.15, 0.2) is 0 Å². The van der Waals surface area contributed by atoms with Crippen LogP contribution in [-0.4, -0.2) is 55.9 Å². The molecule has 0 aliphatic heterocycles. The summed E-state index contributed by atoms with van der Waals surface area (Å²) in [4.78, 5) is 4.35. The number of hydrogen-bond donors (Lipinski definition) is 2. The Kier molecular flexibility index (Phi) is 6.54. The van der Waals surface area contributed by atoms with Crippen LogP contribution in [0.2, 0.25) is 0 Å². The molecule has 0 rings (SSSR count). The molecule has 0 aliphatic rings. The number of nitrogens with zero attached hydrogens (tertiary/aromatic N) is 2. The number of hydrogen-bond acceptors (Lipinski definition) is 3. The minimum atomic E-state index is 0.257. The Hall–Kier alpha value is -0.610. The molecule has 13 heavy (non-hydrogen) atoms. The minimum Gasteiger partial charge on any atom is -0.387 e. The average Bonchev–Trinajstić information content (AvgIpc) is 1.99. The van der Waals surface area contributed by atoms with E-state index in [1.807, 2.05) is 0 Å². The predicted octanol–water partition coefficient (Wildman–Crippen LogP) is 0.196. The Morgan fingerprint density at radius 2 is 1.85 bits per heavy atom. The Morgan fingerprint density at radius 1 is 1.23 bits per heavy atom. The first-order valence-electron chi connectivity index (χ1n) is 4.76. The van der Waals surface area contributed by atoms with E-state index in [-0.39, 0.29) is 5.84 Å². The Bertz CT molecular complexity index is 145. The van der Waals surface area contributed by atoms with E-state index in [2.05, 4.69) is 30.8 Å². The van der Waals surface area contributed by atoms with E-state index in [1.54, 1.807) is 0 Å². The van der Waals surface area contributed by atoms with Crippen molar-refractivity contribution in [1.29, 1.82) is 5.41 Å². The number of rotatable bonds is 7. The molecule has 0 amide bonds. The molecule has 4 heteroatoms. The van der Waals surface area contributed by atoms with Crippen LogP contribution in [0.3, 0.4) is 0 Å². The zero-order valence-electron chi connectivity index (χ0n) is 9.01. The smallest absolute Gasteiger partial charge is 0.105 e. The Labute approximate surface area is 81.2 Å². The zero-order valence-corrected chi connectivity index (χ0v) is 9.01. The van der Waals surface area contributed by atoms with Gasteiger partial charge in [0.15, 0.2) is 0 Å². The molecule has 0 saturated carbocycles. The monoisotopic (exact) mass is 186 g/mol. The summed E-state index contributed by atoms with van der Waals surface area (Å²) >= 11 is 0. The van der Waals surface area contributed by atoms with Crippen molar-refractivity contribution in [3.63, 3.8) is 0 Å². The molecule has 0 aliphatic carbocycles. The van der Waals surface area contributed by atoms with Gasteiger partial charge >= 0.3 is 0 Å². The lowest BCUT2D eigenvalue weighted by atomic mass is 10.3. The third kappa shape index (κ3) is 7.74. The topological polar surface area (TPSA) is 56.4 Å². The normalized spacial score (nSPS) is 11.2. The van der Waals surface area contributed by atoms with Gasteiger partial charge < -0.3 is 10.6 Å². The maximum atomic E-state index is 7.21. The molecule has 0 bridgehead atoms. The molecule has 0 heterocycles. The van der Waals surface area contributed by atoms with Crippen LogP contribution < -0.4 is 5.73 Å². The molecule has 0 spiro atoms. The highest BCUT2D eigenvalue weighted by Gasteiger charge is 2.04. The highest BCUT2D eigenvalue weighted by Crippen LogP contribution is 1.91. The maximum absolute atomic E-state index is 7.21. The lowest BCUT2D eigenvalue weighted by Crippen LogP contribution is -2.38. The number of likely N-dealkylation sites (N-methyl/N-ethyl adjacent to an activating group) is 1. The standard InChI is InChI=1S/C9H22N4/c1-4-5-13(8-9(10)11)7-6-12(2)3/h4-8H2,1-3H3,(H3,10,11). The Balaban J connectivity index is 3.72. The molecule has 0 aromatic heterocycles. The molecular formula is C9H22N4. The van der Waals surface area contributed by atoms with Crippen molar-refractivity contribution in [2.75, 3.05) is 40.3 Å². The van der Waals surface area contributed by atoms with Crippen LogP contribution in [0, 0.1) is 5.41 Å². The SMILES string of the molecule is CCCN(CCN(C)C)CC(=N)N. The third-order valence-corrected chi connectivity index (χ3v) is 1.80. The summed E-state index contributed by atoms with van der Waals surface area (Å²) in [5.41, 5.74) is 5.36. The molecule has 0 radical (unpaired) electrons. The van der Waals surface area contributed by atoms with E-state index in [9.17, 15) is 0 Å². The van der Waals surface area contributed by atoms with Gasteiger partial charge in [-0.2, -0.15) is 0 Å². The van der Waals surface area contributed by atoms with Gasteiger partial charge in [0.1, 0.15) is 5.84 Å². The molecule has 0 unspecified atom stereocenters. The number of nitrogens with two attached hydrogens (primary N) is 1. The lowest BCUT2D eigenvalue weighted by molar-refractivity contribution is 0.266. The van der Waals surface area contributed by atoms with Crippen molar-refractivity contribution in [3.8, 4) is 0 Å². The first kappa shape index (κ1) is 12.4. The molecular weight excluding hydrogens is 164 g/mol. The first-order valence-corrected chi connectivity index (χ1v) is 4.76. The quantitative estimate of drug-likeness (QED) is 0.441. The summed E-state index contributed by atoms with van der Waals surface area (Å²) in [5.74, 6) is 0.257. The highest BCUT2D eigenvalue weighted by atomic mass is 15.2. The van der Waals surface area contributed by atoms with E-state index in [4.69, 9.17) is 11.1 Å². The van der Waals surface area contributed by atoms with Crippen LogP contribution in [0.5, 0.6) is 0 Å². The molecule has 4 nitrogen and oxygen atoms in total. The van der Waals surface area contributed by atoms with Gasteiger partial charge in [0.05, 0.1) is 6.54 Å². The zero-order chi connectivity index (χ0) is 10.3. The van der Waals surface area contributed by atoms with E-state index < -0.39 is 0 Å². The molecule has 0 saturated heterocycles. The van der Waals surface area contributed by atoms with Crippen molar-refractivity contribution in [3.05, 3.63) is 0 Å². The van der Waals surface area contributed by atoms with Gasteiger partial charge in [0.25, 0.3) is 0 Å². The van der Waals surface area contributed by atoms with Gasteiger partial charge in [-0.25, -0.2) is 0 Å². The highest BCUT2D eigenvalue weighted by molar-refractivity contribution is 5.78. The fraction of sp³-hybridized carbons (Fsp3) is 0.889. The van der Waals surface area contributed by atoms with Crippen LogP contribution in [0.1, 0.15) is 13.3 Å². The lowest BCUT2D eigenvalue weighted by Gasteiger charge is -2.22. The summed E-state index contributed by atoms with van der Waals surface area (Å²) in [6.07, 6.45) is 1.11. The van der Waals surface area contributed by atoms with Gasteiger partial charge in [-0.15, -0.1) is 0 Å². The van der Waals surface area contributed by atoms with Crippen LogP contribution in [0.4, 0.5) is 0 Å². The van der Waals surface area contributed by atoms with Crippen LogP contribution >= 0.6 is 0 Å². The molecule has 0 fully saturated rings. The second kappa shape index (κ2) is 6.86. The van der Waals surface area contributed by atoms with Crippen LogP contribution in [-0.2, 0) is 0 Å². The molecule has 0 aromatic carbocycles. The third-order valence-electron chi connectivity index (χ3n) is 1.80. The number of amidine groups is 1. The number of nitrogens with one attached hydrogen (secondary N) is 1. The van der Waals surface area contributed by atoms with Crippen molar-refractivity contribution in [2.24, 2.45) is 5.73 Å². The largest absolute Gasteiger partial charge is 0.387 e. The first-order chi connectivity index (χ1) is 6.06. The maximum Gasteiger partial charge on any atom is 0.105 e. The van der Waals surface area contributed by atoms with E-state index in [1.165, 1.54) is 0 Å². The summed E-state index contributed by atoms with van der Waals surface area (Å²) in [6.45, 7) is 5.77. The van der Waals surface area contributed by atoms with Gasteiger partial charge in [-0.3, -0.25) is 10.3 Å². The van der Waals surface area contributed by atoms with E-state index in [0.29, 0.717) is 6.54 Å². The molecule has 0 atom stereocenters. The second-order valence-electron chi connectivity index (χ2n) is 3.60. The summed E-state index contributed by atoms with van der Waals surface area (Å²) < 4.78 is 0. The van der Waals surface area contributed by atoms with Gasteiger partial charge in [0, 0.05) is 13.1 Å². The van der Waals surface area contributed by atoms with Crippen LogP contribution in [0.25, 0.3) is 0 Å². The summed E-state index contributed by atoms with van der Waals surface area (Å²) in [6, 6.07) is 0. The predicted molar refractivity (Wildman–Crippen MR) is 57.2 cm³/mol. The van der Waals surface area contributed by atoms with E-state index in [0.717, 1.165) is 26.1 Å². The molecule has 78 valence electrons. The van der Waals surface area contributed by atoms with Gasteiger partial charge in [-0.05, 0) is 27.1 Å². The van der Waals surface area contributed by atoms with Crippen molar-refractivity contribution in [1.82, 2.24) is 9.80 Å².